The van der Waals surface area contributed by atoms with Crippen molar-refractivity contribution in [2.45, 2.75) is 70.8 Å². The first-order chi connectivity index (χ1) is 10.2. The van der Waals surface area contributed by atoms with Gasteiger partial charge in [0.25, 0.3) is 0 Å². The van der Waals surface area contributed by atoms with Gasteiger partial charge in [-0.1, -0.05) is 32.6 Å². The average molecular weight is 295 g/mol. The number of nitrogens with zero attached hydrogens (tertiary/aromatic N) is 2. The van der Waals surface area contributed by atoms with Crippen molar-refractivity contribution in [2.24, 2.45) is 11.7 Å². The number of hydrogen-bond acceptors (Lipinski definition) is 2. The molecule has 1 heterocycles. The Balaban J connectivity index is 1.97. The van der Waals surface area contributed by atoms with E-state index in [9.17, 15) is 4.79 Å². The summed E-state index contributed by atoms with van der Waals surface area (Å²) in [6.07, 6.45) is 10.8. The topological polar surface area (TPSA) is 49.6 Å². The number of amides is 2. The minimum atomic E-state index is 0.280. The van der Waals surface area contributed by atoms with Crippen LogP contribution in [0.2, 0.25) is 0 Å². The Labute approximate surface area is 130 Å². The third kappa shape index (κ3) is 4.87. The minimum Gasteiger partial charge on any atom is -0.330 e. The highest BCUT2D eigenvalue weighted by molar-refractivity contribution is 5.75. The van der Waals surface area contributed by atoms with Gasteiger partial charge in [0.1, 0.15) is 0 Å². The van der Waals surface area contributed by atoms with Crippen LogP contribution in [0.25, 0.3) is 0 Å². The van der Waals surface area contributed by atoms with E-state index in [2.05, 4.69) is 16.7 Å². The van der Waals surface area contributed by atoms with Crippen LogP contribution in [0.4, 0.5) is 4.79 Å². The smallest absolute Gasteiger partial charge is 0.320 e. The fraction of sp³-hybridized carbons (Fsp3) is 0.941. The molecule has 0 aromatic rings. The second kappa shape index (κ2) is 8.62. The molecule has 1 aliphatic heterocycles. The Morgan fingerprint density at radius 1 is 1.10 bits per heavy atom. The first-order valence-electron chi connectivity index (χ1n) is 8.98. The molecular formula is C17H33N3O. The molecule has 1 saturated heterocycles. The Hall–Kier alpha value is -0.770. The van der Waals surface area contributed by atoms with E-state index >= 15 is 0 Å². The summed E-state index contributed by atoms with van der Waals surface area (Å²) in [5.41, 5.74) is 5.68. The van der Waals surface area contributed by atoms with Crippen LogP contribution >= 0.6 is 0 Å². The van der Waals surface area contributed by atoms with Gasteiger partial charge in [0, 0.05) is 25.7 Å². The Bertz CT molecular complexity index is 305. The van der Waals surface area contributed by atoms with Crippen LogP contribution in [0.5, 0.6) is 0 Å². The van der Waals surface area contributed by atoms with E-state index in [0.29, 0.717) is 12.6 Å². The van der Waals surface area contributed by atoms with Gasteiger partial charge in [-0.25, -0.2) is 4.79 Å². The molecule has 2 N–H and O–H groups in total. The molecule has 122 valence electrons. The summed E-state index contributed by atoms with van der Waals surface area (Å²) in [7, 11) is 0. The van der Waals surface area contributed by atoms with Gasteiger partial charge < -0.3 is 15.5 Å². The predicted octanol–water partition coefficient (Wildman–Crippen LogP) is 3.21. The van der Waals surface area contributed by atoms with E-state index in [1.165, 1.54) is 38.5 Å². The van der Waals surface area contributed by atoms with Crippen molar-refractivity contribution in [1.82, 2.24) is 9.80 Å². The van der Waals surface area contributed by atoms with Gasteiger partial charge in [-0.05, 0) is 44.6 Å². The van der Waals surface area contributed by atoms with Gasteiger partial charge in [-0.3, -0.25) is 0 Å². The number of carbonyl (C=O) groups is 1. The summed E-state index contributed by atoms with van der Waals surface area (Å²) in [5, 5.41) is 0. The van der Waals surface area contributed by atoms with Crippen LogP contribution in [0, 0.1) is 5.92 Å². The van der Waals surface area contributed by atoms with Crippen LogP contribution in [0.1, 0.15) is 64.7 Å². The Morgan fingerprint density at radius 3 is 2.29 bits per heavy atom. The molecule has 0 atom stereocenters. The third-order valence-corrected chi connectivity index (χ3v) is 5.17. The lowest BCUT2D eigenvalue weighted by Crippen LogP contribution is -2.50. The number of piperidine rings is 1. The molecule has 2 amide bonds. The van der Waals surface area contributed by atoms with Gasteiger partial charge in [0.05, 0.1) is 0 Å². The zero-order valence-electron chi connectivity index (χ0n) is 13.7. The number of urea groups is 1. The highest BCUT2D eigenvalue weighted by Gasteiger charge is 2.29. The van der Waals surface area contributed by atoms with E-state index in [-0.39, 0.29) is 6.03 Å². The molecule has 0 bridgehead atoms. The van der Waals surface area contributed by atoms with E-state index in [1.54, 1.807) is 0 Å². The average Bonchev–Trinajstić information content (AvgIpc) is 2.77. The summed E-state index contributed by atoms with van der Waals surface area (Å²) < 4.78 is 0. The standard InChI is InChI=1S/C17H33N3O/c1-15-9-13-19(14-10-15)17(21)20(12-6-11-18)16-7-4-2-3-5-8-16/h15-16H,2-14,18H2,1H3. The van der Waals surface area contributed by atoms with Gasteiger partial charge in [0.2, 0.25) is 0 Å². The molecule has 0 aromatic carbocycles. The highest BCUT2D eigenvalue weighted by Crippen LogP contribution is 2.24. The number of nitrogens with two attached hydrogens (primary N) is 1. The number of rotatable bonds is 4. The molecule has 0 spiro atoms. The first-order valence-corrected chi connectivity index (χ1v) is 8.98. The number of carbonyl (C=O) groups excluding carboxylic acids is 1. The SMILES string of the molecule is CC1CCN(C(=O)N(CCCN)C2CCCCCC2)CC1. The molecule has 2 aliphatic rings. The monoisotopic (exact) mass is 295 g/mol. The van der Waals surface area contributed by atoms with Gasteiger partial charge >= 0.3 is 6.03 Å². The van der Waals surface area contributed by atoms with Crippen LogP contribution in [0.3, 0.4) is 0 Å². The molecule has 2 fully saturated rings. The van der Waals surface area contributed by atoms with Crippen molar-refractivity contribution in [3.8, 4) is 0 Å². The zero-order chi connectivity index (χ0) is 15.1. The van der Waals surface area contributed by atoms with Crippen LogP contribution < -0.4 is 5.73 Å². The Kier molecular flexibility index (Phi) is 6.81. The van der Waals surface area contributed by atoms with Crippen molar-refractivity contribution in [1.29, 1.82) is 0 Å². The molecule has 0 unspecified atom stereocenters. The highest BCUT2D eigenvalue weighted by atomic mass is 16.2. The van der Waals surface area contributed by atoms with Crippen LogP contribution in [0.15, 0.2) is 0 Å². The molecule has 2 rings (SSSR count). The minimum absolute atomic E-state index is 0.280. The maximum Gasteiger partial charge on any atom is 0.320 e. The molecule has 4 heteroatoms. The fourth-order valence-electron chi connectivity index (χ4n) is 3.65. The van der Waals surface area contributed by atoms with E-state index in [0.717, 1.165) is 44.8 Å². The lowest BCUT2D eigenvalue weighted by atomic mass is 9.99. The maximum atomic E-state index is 12.9. The molecule has 1 saturated carbocycles. The summed E-state index contributed by atoms with van der Waals surface area (Å²) >= 11 is 0. The van der Waals surface area contributed by atoms with Gasteiger partial charge in [0.15, 0.2) is 0 Å². The summed E-state index contributed by atoms with van der Waals surface area (Å²) in [5.74, 6) is 0.768. The molecule has 0 radical (unpaired) electrons. The summed E-state index contributed by atoms with van der Waals surface area (Å²) in [4.78, 5) is 17.2. The van der Waals surface area contributed by atoms with Crippen molar-refractivity contribution >= 4 is 6.03 Å². The van der Waals surface area contributed by atoms with Crippen LogP contribution in [-0.2, 0) is 0 Å². The lowest BCUT2D eigenvalue weighted by Gasteiger charge is -2.38. The number of likely N-dealkylation sites (tertiary alicyclic amines) is 1. The lowest BCUT2D eigenvalue weighted by molar-refractivity contribution is 0.113. The van der Waals surface area contributed by atoms with Crippen molar-refractivity contribution < 1.29 is 4.79 Å². The molecule has 0 aromatic heterocycles. The van der Waals surface area contributed by atoms with E-state index < -0.39 is 0 Å². The third-order valence-electron chi connectivity index (χ3n) is 5.17. The second-order valence-corrected chi connectivity index (χ2v) is 6.93. The van der Waals surface area contributed by atoms with Crippen molar-refractivity contribution in [2.75, 3.05) is 26.2 Å². The maximum absolute atomic E-state index is 12.9. The van der Waals surface area contributed by atoms with Crippen molar-refractivity contribution in [3.05, 3.63) is 0 Å². The molecule has 21 heavy (non-hydrogen) atoms. The number of hydrogen-bond donors (Lipinski definition) is 1. The first kappa shape index (κ1) is 16.6. The zero-order valence-corrected chi connectivity index (χ0v) is 13.7. The largest absolute Gasteiger partial charge is 0.330 e. The second-order valence-electron chi connectivity index (χ2n) is 6.93. The van der Waals surface area contributed by atoms with E-state index in [4.69, 9.17) is 5.73 Å². The molecule has 1 aliphatic carbocycles. The normalized spacial score (nSPS) is 22.1. The van der Waals surface area contributed by atoms with Crippen LogP contribution in [-0.4, -0.2) is 48.1 Å². The Morgan fingerprint density at radius 2 is 1.71 bits per heavy atom. The predicted molar refractivity (Wildman–Crippen MR) is 87.2 cm³/mol. The fourth-order valence-corrected chi connectivity index (χ4v) is 3.65. The van der Waals surface area contributed by atoms with E-state index in [1.807, 2.05) is 0 Å². The van der Waals surface area contributed by atoms with Crippen molar-refractivity contribution in [3.63, 3.8) is 0 Å². The molecular weight excluding hydrogens is 262 g/mol. The van der Waals surface area contributed by atoms with Gasteiger partial charge in [-0.15, -0.1) is 0 Å². The summed E-state index contributed by atoms with van der Waals surface area (Å²) in [6, 6.07) is 0.730. The molecule has 4 nitrogen and oxygen atoms in total. The van der Waals surface area contributed by atoms with Gasteiger partial charge in [-0.2, -0.15) is 0 Å². The quantitative estimate of drug-likeness (QED) is 0.810. The summed E-state index contributed by atoms with van der Waals surface area (Å²) in [6.45, 7) is 5.68.